The van der Waals surface area contributed by atoms with Crippen molar-refractivity contribution in [2.45, 2.75) is 12.6 Å². The standard InChI is InChI=1S/C15H18ClN3O3/c1-18-9-11(14(21)19(2)15(18)22)7-17-8-13(20)10-3-5-12(16)6-4-10/h3-6,9,13,17,20H,7-8H2,1-2H3. The van der Waals surface area contributed by atoms with Gasteiger partial charge < -0.3 is 15.0 Å². The fraction of sp³-hybridized carbons (Fsp3) is 0.333. The van der Waals surface area contributed by atoms with Crippen molar-refractivity contribution in [1.29, 1.82) is 0 Å². The van der Waals surface area contributed by atoms with Crippen molar-refractivity contribution in [2.24, 2.45) is 14.1 Å². The topological polar surface area (TPSA) is 76.3 Å². The molecule has 0 aliphatic heterocycles. The van der Waals surface area contributed by atoms with E-state index in [1.165, 1.54) is 17.8 Å². The number of nitrogens with one attached hydrogen (secondary N) is 1. The van der Waals surface area contributed by atoms with Crippen LogP contribution in [-0.2, 0) is 20.6 Å². The van der Waals surface area contributed by atoms with Crippen LogP contribution in [0.4, 0.5) is 0 Å². The smallest absolute Gasteiger partial charge is 0.330 e. The highest BCUT2D eigenvalue weighted by molar-refractivity contribution is 6.30. The molecular weight excluding hydrogens is 306 g/mol. The van der Waals surface area contributed by atoms with Gasteiger partial charge in [0.25, 0.3) is 5.56 Å². The Morgan fingerprint density at radius 3 is 2.50 bits per heavy atom. The first-order valence-corrected chi connectivity index (χ1v) is 7.17. The molecule has 118 valence electrons. The molecule has 0 fully saturated rings. The minimum absolute atomic E-state index is 0.269. The van der Waals surface area contributed by atoms with Crippen LogP contribution in [0.3, 0.4) is 0 Å². The van der Waals surface area contributed by atoms with Crippen molar-refractivity contribution in [2.75, 3.05) is 6.54 Å². The number of halogens is 1. The Bertz CT molecular complexity index is 765. The van der Waals surface area contributed by atoms with Crippen molar-refractivity contribution in [3.8, 4) is 0 Å². The summed E-state index contributed by atoms with van der Waals surface area (Å²) in [5.41, 5.74) is 0.504. The Labute approximate surface area is 132 Å². The molecule has 0 radical (unpaired) electrons. The molecule has 2 N–H and O–H groups in total. The lowest BCUT2D eigenvalue weighted by molar-refractivity contribution is 0.174. The lowest BCUT2D eigenvalue weighted by atomic mass is 10.1. The number of benzene rings is 1. The zero-order chi connectivity index (χ0) is 16.3. The van der Waals surface area contributed by atoms with E-state index in [9.17, 15) is 14.7 Å². The molecule has 0 bridgehead atoms. The maximum Gasteiger partial charge on any atom is 0.330 e. The third-order valence-electron chi connectivity index (χ3n) is 3.43. The van der Waals surface area contributed by atoms with E-state index in [4.69, 9.17) is 11.6 Å². The molecule has 22 heavy (non-hydrogen) atoms. The van der Waals surface area contributed by atoms with Gasteiger partial charge in [0, 0.05) is 44.0 Å². The largest absolute Gasteiger partial charge is 0.387 e. The van der Waals surface area contributed by atoms with Crippen LogP contribution in [-0.4, -0.2) is 20.8 Å². The lowest BCUT2D eigenvalue weighted by Crippen LogP contribution is -2.39. The van der Waals surface area contributed by atoms with Gasteiger partial charge in [-0.05, 0) is 17.7 Å². The molecule has 7 heteroatoms. The normalized spacial score (nSPS) is 12.4. The van der Waals surface area contributed by atoms with Gasteiger partial charge in [-0.3, -0.25) is 9.36 Å². The molecule has 1 aromatic carbocycles. The van der Waals surface area contributed by atoms with Gasteiger partial charge in [-0.1, -0.05) is 23.7 Å². The first kappa shape index (κ1) is 16.5. The van der Waals surface area contributed by atoms with Crippen LogP contribution in [0, 0.1) is 0 Å². The maximum absolute atomic E-state index is 12.0. The molecule has 1 heterocycles. The SMILES string of the molecule is Cn1cc(CNCC(O)c2ccc(Cl)cc2)c(=O)n(C)c1=O. The predicted molar refractivity (Wildman–Crippen MR) is 85.0 cm³/mol. The molecule has 6 nitrogen and oxygen atoms in total. The zero-order valence-corrected chi connectivity index (χ0v) is 13.2. The van der Waals surface area contributed by atoms with E-state index in [0.29, 0.717) is 10.6 Å². The summed E-state index contributed by atoms with van der Waals surface area (Å²) in [5, 5.41) is 13.7. The second-order valence-corrected chi connectivity index (χ2v) is 5.55. The van der Waals surface area contributed by atoms with Crippen molar-refractivity contribution in [3.05, 3.63) is 67.4 Å². The Kier molecular flexibility index (Phi) is 5.18. The van der Waals surface area contributed by atoms with Crippen LogP contribution in [0.1, 0.15) is 17.2 Å². The predicted octanol–water partition coefficient (Wildman–Crippen LogP) is 0.561. The van der Waals surface area contributed by atoms with E-state index < -0.39 is 6.10 Å². The number of hydrogen-bond donors (Lipinski definition) is 2. The molecule has 2 rings (SSSR count). The van der Waals surface area contributed by atoms with Crippen LogP contribution in [0.5, 0.6) is 0 Å². The summed E-state index contributed by atoms with van der Waals surface area (Å²) in [6, 6.07) is 6.92. The first-order valence-electron chi connectivity index (χ1n) is 6.80. The molecule has 0 spiro atoms. The molecule has 1 unspecified atom stereocenters. The molecule has 0 amide bonds. The van der Waals surface area contributed by atoms with Gasteiger partial charge in [-0.2, -0.15) is 0 Å². The molecular formula is C15H18ClN3O3. The van der Waals surface area contributed by atoms with Gasteiger partial charge in [0.2, 0.25) is 0 Å². The minimum Gasteiger partial charge on any atom is -0.387 e. The number of aromatic nitrogens is 2. The zero-order valence-electron chi connectivity index (χ0n) is 12.4. The minimum atomic E-state index is -0.700. The summed E-state index contributed by atoms with van der Waals surface area (Å²) in [7, 11) is 3.03. The van der Waals surface area contributed by atoms with Gasteiger partial charge in [0.15, 0.2) is 0 Å². The average Bonchev–Trinajstić information content (AvgIpc) is 2.50. The van der Waals surface area contributed by atoms with Crippen LogP contribution >= 0.6 is 11.6 Å². The van der Waals surface area contributed by atoms with Crippen LogP contribution in [0.15, 0.2) is 40.1 Å². The highest BCUT2D eigenvalue weighted by atomic mass is 35.5. The van der Waals surface area contributed by atoms with E-state index >= 15 is 0 Å². The number of hydrogen-bond acceptors (Lipinski definition) is 4. The second-order valence-electron chi connectivity index (χ2n) is 5.11. The molecule has 1 aromatic heterocycles. The molecule has 0 saturated heterocycles. The third kappa shape index (κ3) is 3.65. The van der Waals surface area contributed by atoms with Crippen molar-refractivity contribution in [3.63, 3.8) is 0 Å². The summed E-state index contributed by atoms with van der Waals surface area (Å²) < 4.78 is 2.42. The van der Waals surface area contributed by atoms with Crippen molar-refractivity contribution >= 4 is 11.6 Å². The quantitative estimate of drug-likeness (QED) is 0.843. The molecule has 1 atom stereocenters. The molecule has 0 saturated carbocycles. The third-order valence-corrected chi connectivity index (χ3v) is 3.68. The van der Waals surface area contributed by atoms with E-state index in [0.717, 1.165) is 10.1 Å². The van der Waals surface area contributed by atoms with Gasteiger partial charge in [-0.15, -0.1) is 0 Å². The Morgan fingerprint density at radius 1 is 1.23 bits per heavy atom. The van der Waals surface area contributed by atoms with E-state index in [2.05, 4.69) is 5.32 Å². The lowest BCUT2D eigenvalue weighted by Gasteiger charge is -2.13. The average molecular weight is 324 g/mol. The Balaban J connectivity index is 2.01. The number of nitrogens with zero attached hydrogens (tertiary/aromatic N) is 2. The number of aliphatic hydroxyl groups excluding tert-OH is 1. The molecule has 0 aliphatic carbocycles. The second kappa shape index (κ2) is 6.91. The molecule has 2 aromatic rings. The molecule has 0 aliphatic rings. The Morgan fingerprint density at radius 2 is 1.86 bits per heavy atom. The van der Waals surface area contributed by atoms with Gasteiger partial charge in [-0.25, -0.2) is 4.79 Å². The number of rotatable bonds is 5. The van der Waals surface area contributed by atoms with Gasteiger partial charge >= 0.3 is 5.69 Å². The van der Waals surface area contributed by atoms with E-state index in [-0.39, 0.29) is 24.3 Å². The highest BCUT2D eigenvalue weighted by Crippen LogP contribution is 2.15. The number of aliphatic hydroxyl groups is 1. The summed E-state index contributed by atoms with van der Waals surface area (Å²) in [6.07, 6.45) is 0.806. The van der Waals surface area contributed by atoms with Gasteiger partial charge in [0.05, 0.1) is 6.10 Å². The van der Waals surface area contributed by atoms with E-state index in [1.807, 2.05) is 0 Å². The number of aryl methyl sites for hydroxylation is 1. The Hall–Kier alpha value is -1.89. The van der Waals surface area contributed by atoms with Crippen LogP contribution < -0.4 is 16.6 Å². The van der Waals surface area contributed by atoms with Crippen molar-refractivity contribution < 1.29 is 5.11 Å². The fourth-order valence-corrected chi connectivity index (χ4v) is 2.28. The first-order chi connectivity index (χ1) is 10.4. The van der Waals surface area contributed by atoms with Crippen LogP contribution in [0.2, 0.25) is 5.02 Å². The maximum atomic E-state index is 12.0. The van der Waals surface area contributed by atoms with Crippen molar-refractivity contribution in [1.82, 2.24) is 14.5 Å². The van der Waals surface area contributed by atoms with Crippen LogP contribution in [0.25, 0.3) is 0 Å². The summed E-state index contributed by atoms with van der Waals surface area (Å²) in [4.78, 5) is 23.5. The fourth-order valence-electron chi connectivity index (χ4n) is 2.15. The monoisotopic (exact) mass is 323 g/mol. The summed E-state index contributed by atoms with van der Waals surface area (Å²) in [5.74, 6) is 0. The van der Waals surface area contributed by atoms with E-state index in [1.54, 1.807) is 31.3 Å². The highest BCUT2D eigenvalue weighted by Gasteiger charge is 2.09. The van der Waals surface area contributed by atoms with Gasteiger partial charge in [0.1, 0.15) is 0 Å². The summed E-state index contributed by atoms with van der Waals surface area (Å²) >= 11 is 5.80. The summed E-state index contributed by atoms with van der Waals surface area (Å²) in [6.45, 7) is 0.555.